The Kier molecular flexibility index (Phi) is 5.27. The number of hydrogen-bond donors (Lipinski definition) is 1. The summed E-state index contributed by atoms with van der Waals surface area (Å²) < 4.78 is 10.8. The summed E-state index contributed by atoms with van der Waals surface area (Å²) in [5.74, 6) is 0.810. The van der Waals surface area contributed by atoms with Gasteiger partial charge in [0.2, 0.25) is 0 Å². The van der Waals surface area contributed by atoms with Crippen LogP contribution in [0.1, 0.15) is 11.1 Å². The highest BCUT2D eigenvalue weighted by atomic mass is 35.5. The van der Waals surface area contributed by atoms with Gasteiger partial charge in [0.1, 0.15) is 12.4 Å². The molecule has 0 aliphatic heterocycles. The van der Waals surface area contributed by atoms with Crippen molar-refractivity contribution in [1.82, 2.24) is 0 Å². The minimum atomic E-state index is 0.404. The van der Waals surface area contributed by atoms with Crippen LogP contribution in [0.3, 0.4) is 0 Å². The van der Waals surface area contributed by atoms with E-state index in [-0.39, 0.29) is 0 Å². The van der Waals surface area contributed by atoms with Gasteiger partial charge in [0.25, 0.3) is 0 Å². The van der Waals surface area contributed by atoms with E-state index in [1.165, 1.54) is 5.56 Å². The maximum atomic E-state index is 6.10. The van der Waals surface area contributed by atoms with E-state index >= 15 is 0 Å². The quantitative estimate of drug-likeness (QED) is 0.826. The Bertz CT molecular complexity index is 555. The van der Waals surface area contributed by atoms with Crippen molar-refractivity contribution in [1.29, 1.82) is 0 Å². The van der Waals surface area contributed by atoms with Gasteiger partial charge in [0.15, 0.2) is 0 Å². The molecule has 0 atom stereocenters. The zero-order chi connectivity index (χ0) is 14.4. The fourth-order valence-electron chi connectivity index (χ4n) is 1.84. The highest BCUT2D eigenvalue weighted by molar-refractivity contribution is 6.31. The minimum absolute atomic E-state index is 0.404. The van der Waals surface area contributed by atoms with E-state index in [2.05, 4.69) is 0 Å². The van der Waals surface area contributed by atoms with Crippen molar-refractivity contribution in [3.63, 3.8) is 0 Å². The summed E-state index contributed by atoms with van der Waals surface area (Å²) in [5, 5.41) is 0.663. The van der Waals surface area contributed by atoms with Crippen LogP contribution in [-0.2, 0) is 17.8 Å². The first kappa shape index (κ1) is 14.7. The van der Waals surface area contributed by atoms with Crippen LogP contribution in [0.25, 0.3) is 0 Å². The molecule has 4 heteroatoms. The first-order chi connectivity index (χ1) is 9.69. The van der Waals surface area contributed by atoms with Crippen molar-refractivity contribution in [3.05, 3.63) is 58.6 Å². The molecule has 0 spiro atoms. The number of rotatable bonds is 6. The van der Waals surface area contributed by atoms with E-state index in [4.69, 9.17) is 26.8 Å². The summed E-state index contributed by atoms with van der Waals surface area (Å²) >= 11 is 6.10. The molecule has 0 aromatic heterocycles. The van der Waals surface area contributed by atoms with Gasteiger partial charge in [-0.25, -0.2) is 0 Å². The highest BCUT2D eigenvalue weighted by Crippen LogP contribution is 2.21. The number of hydrogen-bond acceptors (Lipinski definition) is 3. The van der Waals surface area contributed by atoms with E-state index in [0.717, 1.165) is 24.3 Å². The molecule has 106 valence electrons. The number of halogens is 1. The second-order valence-corrected chi connectivity index (χ2v) is 4.93. The first-order valence-electron chi connectivity index (χ1n) is 6.43. The molecule has 2 aromatic carbocycles. The lowest BCUT2D eigenvalue weighted by Crippen LogP contribution is -1.98. The van der Waals surface area contributed by atoms with Crippen molar-refractivity contribution in [2.75, 3.05) is 19.5 Å². The van der Waals surface area contributed by atoms with Gasteiger partial charge in [-0.1, -0.05) is 23.7 Å². The minimum Gasteiger partial charge on any atom is -0.489 e. The predicted octanol–water partition coefficient (Wildman–Crippen LogP) is 3.69. The van der Waals surface area contributed by atoms with Gasteiger partial charge in [0.05, 0.1) is 6.61 Å². The summed E-state index contributed by atoms with van der Waals surface area (Å²) in [6.07, 6.45) is 0.901. The monoisotopic (exact) mass is 291 g/mol. The summed E-state index contributed by atoms with van der Waals surface area (Å²) in [4.78, 5) is 0. The molecule has 0 heterocycles. The van der Waals surface area contributed by atoms with Crippen molar-refractivity contribution in [3.8, 4) is 5.75 Å². The molecular formula is C16H18ClNO2. The summed E-state index contributed by atoms with van der Waals surface area (Å²) in [7, 11) is 1.70. The van der Waals surface area contributed by atoms with Crippen molar-refractivity contribution in [2.24, 2.45) is 0 Å². The summed E-state index contributed by atoms with van der Waals surface area (Å²) in [6.45, 7) is 1.13. The molecule has 0 unspecified atom stereocenters. The van der Waals surface area contributed by atoms with Gasteiger partial charge < -0.3 is 15.2 Å². The van der Waals surface area contributed by atoms with Crippen LogP contribution in [0.4, 0.5) is 5.69 Å². The number of nitrogens with two attached hydrogens (primary N) is 1. The molecule has 3 nitrogen and oxygen atoms in total. The zero-order valence-corrected chi connectivity index (χ0v) is 12.2. The van der Waals surface area contributed by atoms with Crippen LogP contribution in [0, 0.1) is 0 Å². The third kappa shape index (κ3) is 4.15. The largest absolute Gasteiger partial charge is 0.489 e. The maximum absolute atomic E-state index is 6.10. The SMILES string of the molecule is COCCc1ccc(OCc2cc(N)ccc2Cl)cc1. The van der Waals surface area contributed by atoms with E-state index < -0.39 is 0 Å². The van der Waals surface area contributed by atoms with Crippen molar-refractivity contribution in [2.45, 2.75) is 13.0 Å². The third-order valence-electron chi connectivity index (χ3n) is 2.98. The third-order valence-corrected chi connectivity index (χ3v) is 3.35. The Morgan fingerprint density at radius 2 is 1.85 bits per heavy atom. The Labute approximate surface area is 124 Å². The Hall–Kier alpha value is -1.71. The molecule has 0 bridgehead atoms. The van der Waals surface area contributed by atoms with Gasteiger partial charge in [-0.15, -0.1) is 0 Å². The second-order valence-electron chi connectivity index (χ2n) is 4.53. The Morgan fingerprint density at radius 3 is 2.55 bits per heavy atom. The topological polar surface area (TPSA) is 44.5 Å². The molecule has 20 heavy (non-hydrogen) atoms. The van der Waals surface area contributed by atoms with E-state index in [1.54, 1.807) is 19.2 Å². The zero-order valence-electron chi connectivity index (χ0n) is 11.4. The van der Waals surface area contributed by atoms with Gasteiger partial charge in [-0.05, 0) is 42.3 Å². The van der Waals surface area contributed by atoms with Crippen LogP contribution < -0.4 is 10.5 Å². The maximum Gasteiger partial charge on any atom is 0.119 e. The Balaban J connectivity index is 1.95. The van der Waals surface area contributed by atoms with Crippen LogP contribution in [0.5, 0.6) is 5.75 Å². The van der Waals surface area contributed by atoms with Crippen molar-refractivity contribution >= 4 is 17.3 Å². The molecule has 0 radical (unpaired) electrons. The standard InChI is InChI=1S/C16H18ClNO2/c1-19-9-8-12-2-5-15(6-3-12)20-11-13-10-14(18)4-7-16(13)17/h2-7,10H,8-9,11,18H2,1H3. The molecular weight excluding hydrogens is 274 g/mol. The van der Waals surface area contributed by atoms with Crippen LogP contribution >= 0.6 is 11.6 Å². The van der Waals surface area contributed by atoms with Crippen LogP contribution in [0.2, 0.25) is 5.02 Å². The molecule has 0 aliphatic rings. The first-order valence-corrected chi connectivity index (χ1v) is 6.81. The average molecular weight is 292 g/mol. The number of benzene rings is 2. The molecule has 0 saturated heterocycles. The van der Waals surface area contributed by atoms with Gasteiger partial charge >= 0.3 is 0 Å². The normalized spacial score (nSPS) is 10.5. The summed E-state index contributed by atoms with van der Waals surface area (Å²) in [5.41, 5.74) is 8.53. The number of methoxy groups -OCH3 is 1. The molecule has 2 aromatic rings. The van der Waals surface area contributed by atoms with Crippen LogP contribution in [-0.4, -0.2) is 13.7 Å². The highest BCUT2D eigenvalue weighted by Gasteiger charge is 2.02. The van der Waals surface area contributed by atoms with Gasteiger partial charge in [-0.2, -0.15) is 0 Å². The molecule has 0 saturated carbocycles. The van der Waals surface area contributed by atoms with Crippen LogP contribution in [0.15, 0.2) is 42.5 Å². The molecule has 0 amide bonds. The lowest BCUT2D eigenvalue weighted by Gasteiger charge is -2.09. The molecule has 2 N–H and O–H groups in total. The van der Waals surface area contributed by atoms with E-state index in [0.29, 0.717) is 17.3 Å². The molecule has 0 aliphatic carbocycles. The number of anilines is 1. The van der Waals surface area contributed by atoms with Gasteiger partial charge in [-0.3, -0.25) is 0 Å². The molecule has 2 rings (SSSR count). The average Bonchev–Trinajstić information content (AvgIpc) is 2.47. The smallest absolute Gasteiger partial charge is 0.119 e. The summed E-state index contributed by atoms with van der Waals surface area (Å²) in [6, 6.07) is 13.4. The number of nitrogen functional groups attached to an aromatic ring is 1. The van der Waals surface area contributed by atoms with Gasteiger partial charge in [0, 0.05) is 23.4 Å². The Morgan fingerprint density at radius 1 is 1.10 bits per heavy atom. The lowest BCUT2D eigenvalue weighted by molar-refractivity contribution is 0.202. The fraction of sp³-hybridized carbons (Fsp3) is 0.250. The predicted molar refractivity (Wildman–Crippen MR) is 82.2 cm³/mol. The van der Waals surface area contributed by atoms with E-state index in [9.17, 15) is 0 Å². The fourth-order valence-corrected chi connectivity index (χ4v) is 2.01. The second kappa shape index (κ2) is 7.17. The lowest BCUT2D eigenvalue weighted by atomic mass is 10.1. The van der Waals surface area contributed by atoms with E-state index in [1.807, 2.05) is 30.3 Å². The molecule has 0 fully saturated rings. The van der Waals surface area contributed by atoms with Crippen molar-refractivity contribution < 1.29 is 9.47 Å². The number of ether oxygens (including phenoxy) is 2.